The van der Waals surface area contributed by atoms with Crippen LogP contribution in [0.3, 0.4) is 0 Å². The second kappa shape index (κ2) is 10.1. The van der Waals surface area contributed by atoms with Crippen LogP contribution in [0.25, 0.3) is 0 Å². The van der Waals surface area contributed by atoms with Gasteiger partial charge in [0.15, 0.2) is 18.1 Å². The van der Waals surface area contributed by atoms with Gasteiger partial charge in [-0.3, -0.25) is 9.59 Å². The van der Waals surface area contributed by atoms with Crippen molar-refractivity contribution < 1.29 is 24.2 Å². The molecule has 0 fully saturated rings. The summed E-state index contributed by atoms with van der Waals surface area (Å²) < 4.78 is 10.8. The second-order valence-electron chi connectivity index (χ2n) is 5.74. The molecule has 6 nitrogen and oxygen atoms in total. The van der Waals surface area contributed by atoms with Gasteiger partial charge in [-0.1, -0.05) is 42.5 Å². The van der Waals surface area contributed by atoms with E-state index in [0.717, 1.165) is 5.56 Å². The highest BCUT2D eigenvalue weighted by molar-refractivity contribution is 5.78. The van der Waals surface area contributed by atoms with E-state index in [2.05, 4.69) is 0 Å². The molecule has 0 atom stereocenters. The monoisotopic (exact) mass is 357 g/mol. The predicted molar refractivity (Wildman–Crippen MR) is 97.2 cm³/mol. The van der Waals surface area contributed by atoms with E-state index in [-0.39, 0.29) is 18.9 Å². The van der Waals surface area contributed by atoms with Crippen molar-refractivity contribution in [3.63, 3.8) is 0 Å². The lowest BCUT2D eigenvalue weighted by Crippen LogP contribution is -2.35. The molecule has 2 rings (SSSR count). The summed E-state index contributed by atoms with van der Waals surface area (Å²) in [5, 5.41) is 8.82. The highest BCUT2D eigenvalue weighted by atomic mass is 16.5. The quantitative estimate of drug-likeness (QED) is 0.707. The molecule has 26 heavy (non-hydrogen) atoms. The lowest BCUT2D eigenvalue weighted by molar-refractivity contribution is -0.138. The molecule has 0 bridgehead atoms. The van der Waals surface area contributed by atoms with Gasteiger partial charge in [0.25, 0.3) is 5.91 Å². The van der Waals surface area contributed by atoms with Gasteiger partial charge < -0.3 is 19.5 Å². The Balaban J connectivity index is 2.00. The van der Waals surface area contributed by atoms with E-state index >= 15 is 0 Å². The summed E-state index contributed by atoms with van der Waals surface area (Å²) in [5.41, 5.74) is 0.980. The van der Waals surface area contributed by atoms with Crippen molar-refractivity contribution in [3.8, 4) is 11.5 Å². The number of benzene rings is 2. The molecule has 6 heteroatoms. The van der Waals surface area contributed by atoms with Crippen LogP contribution in [0.4, 0.5) is 0 Å². The third kappa shape index (κ3) is 6.12. The van der Waals surface area contributed by atoms with Gasteiger partial charge in [0.05, 0.1) is 7.11 Å². The Morgan fingerprint density at radius 1 is 1.00 bits per heavy atom. The molecule has 2 aromatic rings. The van der Waals surface area contributed by atoms with Crippen LogP contribution in [-0.2, 0) is 16.1 Å². The van der Waals surface area contributed by atoms with Crippen LogP contribution in [0.5, 0.6) is 11.5 Å². The fourth-order valence-corrected chi connectivity index (χ4v) is 2.49. The first-order valence-corrected chi connectivity index (χ1v) is 8.39. The van der Waals surface area contributed by atoms with E-state index in [0.29, 0.717) is 31.0 Å². The Kier molecular flexibility index (Phi) is 7.49. The number of aliphatic carboxylic acids is 1. The van der Waals surface area contributed by atoms with Crippen LogP contribution in [0.2, 0.25) is 0 Å². The number of carbonyl (C=O) groups is 2. The molecule has 1 amide bonds. The first-order chi connectivity index (χ1) is 12.6. The first-order valence-electron chi connectivity index (χ1n) is 8.39. The fourth-order valence-electron chi connectivity index (χ4n) is 2.49. The normalized spacial score (nSPS) is 10.2. The van der Waals surface area contributed by atoms with Gasteiger partial charge in [-0.2, -0.15) is 0 Å². The molecule has 0 saturated carbocycles. The summed E-state index contributed by atoms with van der Waals surface area (Å²) in [4.78, 5) is 25.0. The molecule has 0 unspecified atom stereocenters. The van der Waals surface area contributed by atoms with Crippen LogP contribution < -0.4 is 9.47 Å². The zero-order valence-corrected chi connectivity index (χ0v) is 14.8. The zero-order chi connectivity index (χ0) is 18.8. The van der Waals surface area contributed by atoms with E-state index in [1.54, 1.807) is 23.1 Å². The number of methoxy groups -OCH3 is 1. The molecule has 2 aromatic carbocycles. The largest absolute Gasteiger partial charge is 0.493 e. The number of carboxylic acid groups (broad SMARTS) is 1. The number of nitrogens with zero attached hydrogens (tertiary/aromatic N) is 1. The molecular formula is C20H23NO5. The summed E-state index contributed by atoms with van der Waals surface area (Å²) in [6.07, 6.45) is 0.411. The van der Waals surface area contributed by atoms with E-state index in [9.17, 15) is 9.59 Å². The lowest BCUT2D eigenvalue weighted by Gasteiger charge is -2.23. The first kappa shape index (κ1) is 19.3. The van der Waals surface area contributed by atoms with Gasteiger partial charge in [0.1, 0.15) is 0 Å². The average molecular weight is 357 g/mol. The molecule has 0 aromatic heterocycles. The minimum atomic E-state index is -0.873. The maximum Gasteiger partial charge on any atom is 0.303 e. The SMILES string of the molecule is COc1ccccc1OCC(=O)N(CCCC(=O)O)Cc1ccccc1. The Morgan fingerprint density at radius 2 is 1.65 bits per heavy atom. The Labute approximate surface area is 153 Å². The van der Waals surface area contributed by atoms with Crippen molar-refractivity contribution in [2.24, 2.45) is 0 Å². The van der Waals surface area contributed by atoms with Crippen LogP contribution in [0.15, 0.2) is 54.6 Å². The number of hydrogen-bond donors (Lipinski definition) is 1. The van der Waals surface area contributed by atoms with Crippen molar-refractivity contribution in [2.75, 3.05) is 20.3 Å². The van der Waals surface area contributed by atoms with Crippen molar-refractivity contribution >= 4 is 11.9 Å². The second-order valence-corrected chi connectivity index (χ2v) is 5.74. The molecule has 0 aliphatic carbocycles. The maximum atomic E-state index is 12.6. The van der Waals surface area contributed by atoms with Gasteiger partial charge in [0.2, 0.25) is 0 Å². The smallest absolute Gasteiger partial charge is 0.303 e. The number of carboxylic acids is 1. The predicted octanol–water partition coefficient (Wildman–Crippen LogP) is 2.97. The van der Waals surface area contributed by atoms with Gasteiger partial charge >= 0.3 is 5.97 Å². The molecule has 0 aliphatic rings. The molecule has 0 saturated heterocycles. The Bertz CT molecular complexity index is 717. The van der Waals surface area contributed by atoms with Gasteiger partial charge in [-0.15, -0.1) is 0 Å². The average Bonchev–Trinajstić information content (AvgIpc) is 2.66. The van der Waals surface area contributed by atoms with Crippen LogP contribution >= 0.6 is 0 Å². The van der Waals surface area contributed by atoms with Gasteiger partial charge in [0, 0.05) is 19.5 Å². The molecular weight excluding hydrogens is 334 g/mol. The van der Waals surface area contributed by atoms with Gasteiger partial charge in [-0.25, -0.2) is 0 Å². The van der Waals surface area contributed by atoms with E-state index in [1.807, 2.05) is 36.4 Å². The minimum absolute atomic E-state index is 0.0198. The maximum absolute atomic E-state index is 12.6. The standard InChI is InChI=1S/C20H23NO5/c1-25-17-10-5-6-11-18(17)26-15-19(22)21(13-7-12-20(23)24)14-16-8-3-2-4-9-16/h2-6,8-11H,7,12-15H2,1H3,(H,23,24). The van der Waals surface area contributed by atoms with Crippen molar-refractivity contribution in [1.82, 2.24) is 4.90 Å². The van der Waals surface area contributed by atoms with Crippen molar-refractivity contribution in [1.29, 1.82) is 0 Å². The highest BCUT2D eigenvalue weighted by Crippen LogP contribution is 2.25. The molecule has 0 heterocycles. The number of hydrogen-bond acceptors (Lipinski definition) is 4. The van der Waals surface area contributed by atoms with Crippen LogP contribution in [0, 0.1) is 0 Å². The van der Waals surface area contributed by atoms with E-state index in [4.69, 9.17) is 14.6 Å². The number of ether oxygens (including phenoxy) is 2. The van der Waals surface area contributed by atoms with Crippen molar-refractivity contribution in [2.45, 2.75) is 19.4 Å². The molecule has 0 spiro atoms. The Hall–Kier alpha value is -3.02. The summed E-state index contributed by atoms with van der Waals surface area (Å²) in [7, 11) is 1.54. The zero-order valence-electron chi connectivity index (χ0n) is 14.8. The lowest BCUT2D eigenvalue weighted by atomic mass is 10.2. The molecule has 138 valence electrons. The topological polar surface area (TPSA) is 76.1 Å². The van der Waals surface area contributed by atoms with Crippen LogP contribution in [0.1, 0.15) is 18.4 Å². The molecule has 1 N–H and O–H groups in total. The third-order valence-electron chi connectivity index (χ3n) is 3.81. The molecule has 0 aliphatic heterocycles. The number of carbonyl (C=O) groups excluding carboxylic acids is 1. The third-order valence-corrected chi connectivity index (χ3v) is 3.81. The van der Waals surface area contributed by atoms with E-state index < -0.39 is 5.97 Å². The Morgan fingerprint density at radius 3 is 2.31 bits per heavy atom. The number of amides is 1. The highest BCUT2D eigenvalue weighted by Gasteiger charge is 2.16. The number of para-hydroxylation sites is 2. The summed E-state index contributed by atoms with van der Waals surface area (Å²) in [5.74, 6) is -0.0261. The summed E-state index contributed by atoms with van der Waals surface area (Å²) in [6, 6.07) is 16.7. The van der Waals surface area contributed by atoms with E-state index in [1.165, 1.54) is 7.11 Å². The fraction of sp³-hybridized carbons (Fsp3) is 0.300. The van der Waals surface area contributed by atoms with Crippen molar-refractivity contribution in [3.05, 3.63) is 60.2 Å². The summed E-state index contributed by atoms with van der Waals surface area (Å²) >= 11 is 0. The van der Waals surface area contributed by atoms with Gasteiger partial charge in [-0.05, 0) is 24.1 Å². The van der Waals surface area contributed by atoms with Crippen LogP contribution in [-0.4, -0.2) is 42.1 Å². The summed E-state index contributed by atoms with van der Waals surface area (Å²) in [6.45, 7) is 0.629. The minimum Gasteiger partial charge on any atom is -0.493 e. The number of rotatable bonds is 10. The molecule has 0 radical (unpaired) electrons.